The fourth-order valence-electron chi connectivity index (χ4n) is 0.954. The molecule has 1 aromatic heterocycles. The van der Waals surface area contributed by atoms with Crippen LogP contribution in [0.5, 0.6) is 0 Å². The second kappa shape index (κ2) is 3.46. The largest absolute Gasteiger partial charge is 0.156 e. The van der Waals surface area contributed by atoms with Crippen molar-refractivity contribution < 1.29 is 0 Å². The van der Waals surface area contributed by atoms with Crippen molar-refractivity contribution in [1.82, 2.24) is 10.2 Å². The Balaban J connectivity index is 2.66. The molecule has 1 rings (SSSR count). The van der Waals surface area contributed by atoms with Crippen molar-refractivity contribution >= 4 is 0 Å². The zero-order valence-corrected chi connectivity index (χ0v) is 7.33. The van der Waals surface area contributed by atoms with E-state index in [0.29, 0.717) is 5.92 Å². The molecule has 0 atom stereocenters. The Bertz CT molecular complexity index is 214. The van der Waals surface area contributed by atoms with Crippen molar-refractivity contribution in [1.29, 1.82) is 0 Å². The molecular formula is C9H14N2. The van der Waals surface area contributed by atoms with E-state index in [2.05, 4.69) is 24.0 Å². The minimum absolute atomic E-state index is 0.659. The van der Waals surface area contributed by atoms with Crippen LogP contribution in [0.15, 0.2) is 12.1 Å². The van der Waals surface area contributed by atoms with Gasteiger partial charge in [0.25, 0.3) is 0 Å². The van der Waals surface area contributed by atoms with Gasteiger partial charge in [-0.25, -0.2) is 0 Å². The van der Waals surface area contributed by atoms with Gasteiger partial charge >= 0.3 is 0 Å². The Hall–Kier alpha value is -0.920. The topological polar surface area (TPSA) is 25.8 Å². The molecule has 2 heteroatoms. The molecule has 0 aliphatic rings. The second-order valence-corrected chi connectivity index (χ2v) is 3.26. The number of rotatable bonds is 2. The molecule has 0 spiro atoms. The molecular weight excluding hydrogens is 136 g/mol. The minimum Gasteiger partial charge on any atom is -0.156 e. The van der Waals surface area contributed by atoms with Crippen LogP contribution < -0.4 is 0 Å². The van der Waals surface area contributed by atoms with Crippen LogP contribution in [-0.2, 0) is 6.42 Å². The molecule has 0 saturated heterocycles. The fraction of sp³-hybridized carbons (Fsp3) is 0.556. The van der Waals surface area contributed by atoms with Gasteiger partial charge in [0.2, 0.25) is 0 Å². The maximum absolute atomic E-state index is 4.07. The van der Waals surface area contributed by atoms with Crippen LogP contribution in [0.3, 0.4) is 0 Å². The molecule has 0 aliphatic carbocycles. The van der Waals surface area contributed by atoms with Gasteiger partial charge in [0, 0.05) is 0 Å². The van der Waals surface area contributed by atoms with Gasteiger partial charge in [0.15, 0.2) is 0 Å². The summed E-state index contributed by atoms with van der Waals surface area (Å²) >= 11 is 0. The van der Waals surface area contributed by atoms with Gasteiger partial charge in [0.1, 0.15) is 0 Å². The molecule has 0 amide bonds. The Labute approximate surface area is 67.7 Å². The molecule has 1 aromatic rings. The Kier molecular flexibility index (Phi) is 2.58. The van der Waals surface area contributed by atoms with Crippen molar-refractivity contribution in [2.75, 3.05) is 0 Å². The van der Waals surface area contributed by atoms with Gasteiger partial charge in [-0.3, -0.25) is 0 Å². The molecule has 0 N–H and O–H groups in total. The van der Waals surface area contributed by atoms with E-state index in [-0.39, 0.29) is 0 Å². The molecule has 0 bridgehead atoms. The summed E-state index contributed by atoms with van der Waals surface area (Å²) < 4.78 is 0. The van der Waals surface area contributed by atoms with Crippen LogP contribution in [-0.4, -0.2) is 10.2 Å². The Morgan fingerprint density at radius 1 is 1.27 bits per heavy atom. The summed E-state index contributed by atoms with van der Waals surface area (Å²) in [7, 11) is 0. The van der Waals surface area contributed by atoms with Crippen LogP contribution in [0.4, 0.5) is 0 Å². The van der Waals surface area contributed by atoms with E-state index in [1.165, 1.54) is 0 Å². The predicted octanol–water partition coefficient (Wildman–Crippen LogP) is 1.98. The average Bonchev–Trinajstić information content (AvgIpc) is 1.93. The van der Waals surface area contributed by atoms with Crippen molar-refractivity contribution in [3.05, 3.63) is 23.5 Å². The highest BCUT2D eigenvalue weighted by Crippen LogP contribution is 2.03. The highest BCUT2D eigenvalue weighted by Gasteiger charge is 1.98. The van der Waals surface area contributed by atoms with Crippen LogP contribution in [0, 0.1) is 12.8 Å². The van der Waals surface area contributed by atoms with E-state index in [9.17, 15) is 0 Å². The molecule has 11 heavy (non-hydrogen) atoms. The van der Waals surface area contributed by atoms with Crippen LogP contribution in [0.25, 0.3) is 0 Å². The predicted molar refractivity (Wildman–Crippen MR) is 45.3 cm³/mol. The van der Waals surface area contributed by atoms with E-state index in [1.807, 2.05) is 19.1 Å². The van der Waals surface area contributed by atoms with Crippen molar-refractivity contribution in [2.45, 2.75) is 27.2 Å². The van der Waals surface area contributed by atoms with E-state index in [4.69, 9.17) is 0 Å². The van der Waals surface area contributed by atoms with Crippen LogP contribution in [0.1, 0.15) is 25.2 Å². The second-order valence-electron chi connectivity index (χ2n) is 3.26. The molecule has 0 radical (unpaired) electrons. The zero-order valence-electron chi connectivity index (χ0n) is 7.33. The van der Waals surface area contributed by atoms with E-state index >= 15 is 0 Å². The lowest BCUT2D eigenvalue weighted by Gasteiger charge is -2.01. The average molecular weight is 150 g/mol. The molecule has 0 saturated carbocycles. The minimum atomic E-state index is 0.659. The van der Waals surface area contributed by atoms with Gasteiger partial charge in [-0.1, -0.05) is 13.8 Å². The third-order valence-electron chi connectivity index (χ3n) is 1.47. The lowest BCUT2D eigenvalue weighted by atomic mass is 10.1. The molecule has 2 nitrogen and oxygen atoms in total. The van der Waals surface area contributed by atoms with Gasteiger partial charge in [0.05, 0.1) is 11.4 Å². The molecule has 0 fully saturated rings. The van der Waals surface area contributed by atoms with Gasteiger partial charge in [-0.2, -0.15) is 10.2 Å². The normalized spacial score (nSPS) is 10.5. The summed E-state index contributed by atoms with van der Waals surface area (Å²) in [4.78, 5) is 0. The zero-order chi connectivity index (χ0) is 8.27. The highest BCUT2D eigenvalue weighted by atomic mass is 15.1. The number of hydrogen-bond acceptors (Lipinski definition) is 2. The summed E-state index contributed by atoms with van der Waals surface area (Å²) in [5.41, 5.74) is 2.07. The Morgan fingerprint density at radius 3 is 2.45 bits per heavy atom. The third-order valence-corrected chi connectivity index (χ3v) is 1.47. The van der Waals surface area contributed by atoms with Crippen molar-refractivity contribution in [3.8, 4) is 0 Å². The van der Waals surface area contributed by atoms with E-state index in [0.717, 1.165) is 17.8 Å². The van der Waals surface area contributed by atoms with Crippen LogP contribution in [0.2, 0.25) is 0 Å². The standard InChI is InChI=1S/C9H14N2/c1-7(2)6-9-5-4-8(3)10-11-9/h4-5,7H,6H2,1-3H3. The van der Waals surface area contributed by atoms with Crippen molar-refractivity contribution in [2.24, 2.45) is 5.92 Å². The third kappa shape index (κ3) is 2.66. The monoisotopic (exact) mass is 150 g/mol. The van der Waals surface area contributed by atoms with E-state index < -0.39 is 0 Å². The first-order valence-corrected chi connectivity index (χ1v) is 3.97. The number of hydrogen-bond donors (Lipinski definition) is 0. The summed E-state index contributed by atoms with van der Waals surface area (Å²) in [6, 6.07) is 4.05. The molecule has 0 unspecified atom stereocenters. The fourth-order valence-corrected chi connectivity index (χ4v) is 0.954. The summed E-state index contributed by atoms with van der Waals surface area (Å²) in [5, 5.41) is 8.05. The highest BCUT2D eigenvalue weighted by molar-refractivity contribution is 5.05. The summed E-state index contributed by atoms with van der Waals surface area (Å²) in [6.45, 7) is 6.31. The number of nitrogens with zero attached hydrogens (tertiary/aromatic N) is 2. The first kappa shape index (κ1) is 8.18. The van der Waals surface area contributed by atoms with Gasteiger partial charge in [-0.15, -0.1) is 0 Å². The first-order valence-electron chi connectivity index (χ1n) is 3.97. The maximum atomic E-state index is 4.07. The smallest absolute Gasteiger partial charge is 0.0633 e. The molecule has 0 aliphatic heterocycles. The lowest BCUT2D eigenvalue weighted by Crippen LogP contribution is -1.99. The lowest BCUT2D eigenvalue weighted by molar-refractivity contribution is 0.627. The van der Waals surface area contributed by atoms with Crippen molar-refractivity contribution in [3.63, 3.8) is 0 Å². The molecule has 0 aromatic carbocycles. The Morgan fingerprint density at radius 2 is 2.00 bits per heavy atom. The summed E-state index contributed by atoms with van der Waals surface area (Å²) in [6.07, 6.45) is 1.02. The first-order chi connectivity index (χ1) is 5.18. The van der Waals surface area contributed by atoms with Gasteiger partial charge in [-0.05, 0) is 31.4 Å². The number of aryl methyl sites for hydroxylation is 1. The van der Waals surface area contributed by atoms with Gasteiger partial charge < -0.3 is 0 Å². The summed E-state index contributed by atoms with van der Waals surface area (Å²) in [5.74, 6) is 0.659. The molecule has 60 valence electrons. The van der Waals surface area contributed by atoms with E-state index in [1.54, 1.807) is 0 Å². The SMILES string of the molecule is Cc1ccc(CC(C)C)nn1. The van der Waals surface area contributed by atoms with Crippen LogP contribution >= 0.6 is 0 Å². The molecule has 1 heterocycles. The maximum Gasteiger partial charge on any atom is 0.0633 e. The quantitative estimate of drug-likeness (QED) is 0.644. The number of aromatic nitrogens is 2.